The van der Waals surface area contributed by atoms with Crippen LogP contribution < -0.4 is 10.1 Å². The number of aryl methyl sites for hydroxylation is 3. The summed E-state index contributed by atoms with van der Waals surface area (Å²) < 4.78 is 19.2. The molecule has 3 aromatic rings. The first-order chi connectivity index (χ1) is 15.2. The minimum atomic E-state index is -0.318. The number of ether oxygens (including phenoxy) is 1. The summed E-state index contributed by atoms with van der Waals surface area (Å²) in [6.07, 6.45) is 7.35. The molecule has 0 saturated heterocycles. The maximum Gasteiger partial charge on any atom is 0.165 e. The van der Waals surface area contributed by atoms with Crippen LogP contribution >= 0.6 is 11.3 Å². The van der Waals surface area contributed by atoms with Crippen molar-refractivity contribution in [3.8, 4) is 5.75 Å². The first-order valence-corrected chi connectivity index (χ1v) is 12.1. The molecule has 1 aliphatic rings. The van der Waals surface area contributed by atoms with E-state index in [9.17, 15) is 4.39 Å². The zero-order valence-corrected chi connectivity index (χ0v) is 19.1. The summed E-state index contributed by atoms with van der Waals surface area (Å²) in [5, 5.41) is 6.62. The predicted molar refractivity (Wildman–Crippen MR) is 125 cm³/mol. The van der Waals surface area contributed by atoms with Gasteiger partial charge in [0.1, 0.15) is 10.8 Å². The van der Waals surface area contributed by atoms with Crippen molar-refractivity contribution in [1.82, 2.24) is 9.97 Å². The molecule has 4 nitrogen and oxygen atoms in total. The fourth-order valence-electron chi connectivity index (χ4n) is 4.17. The number of hydrogen-bond acceptors (Lipinski definition) is 5. The van der Waals surface area contributed by atoms with E-state index in [1.54, 1.807) is 23.5 Å². The van der Waals surface area contributed by atoms with Crippen LogP contribution in [0.1, 0.15) is 66.0 Å². The van der Waals surface area contributed by atoms with Gasteiger partial charge in [-0.3, -0.25) is 0 Å². The van der Waals surface area contributed by atoms with Gasteiger partial charge in [0, 0.05) is 23.5 Å². The number of rotatable bonds is 9. The summed E-state index contributed by atoms with van der Waals surface area (Å²) in [4.78, 5) is 9.66. The van der Waals surface area contributed by atoms with Crippen LogP contribution in [-0.2, 0) is 19.3 Å². The normalized spacial score (nSPS) is 14.0. The number of pyridine rings is 1. The Labute approximate surface area is 187 Å². The molecule has 3 heterocycles. The molecule has 164 valence electrons. The number of fused-ring (bicyclic) bond motifs is 1. The highest BCUT2D eigenvalue weighted by Gasteiger charge is 2.18. The molecular weight excluding hydrogens is 409 g/mol. The molecule has 1 N–H and O–H groups in total. The Morgan fingerprint density at radius 2 is 1.97 bits per heavy atom. The van der Waals surface area contributed by atoms with E-state index in [0.717, 1.165) is 67.2 Å². The monoisotopic (exact) mass is 439 g/mol. The molecule has 1 aliphatic heterocycles. The Kier molecular flexibility index (Phi) is 7.17. The van der Waals surface area contributed by atoms with Crippen LogP contribution in [0.5, 0.6) is 5.75 Å². The van der Waals surface area contributed by atoms with E-state index in [1.807, 2.05) is 6.07 Å². The van der Waals surface area contributed by atoms with Gasteiger partial charge in [0.25, 0.3) is 0 Å². The van der Waals surface area contributed by atoms with E-state index in [2.05, 4.69) is 29.8 Å². The van der Waals surface area contributed by atoms with Crippen molar-refractivity contribution < 1.29 is 9.13 Å². The van der Waals surface area contributed by atoms with Gasteiger partial charge >= 0.3 is 0 Å². The maximum absolute atomic E-state index is 14.2. The van der Waals surface area contributed by atoms with Crippen molar-refractivity contribution in [3.63, 3.8) is 0 Å². The van der Waals surface area contributed by atoms with E-state index < -0.39 is 0 Å². The number of unbranched alkanes of at least 4 members (excludes halogenated alkanes) is 1. The molecule has 1 atom stereocenters. The highest BCUT2D eigenvalue weighted by atomic mass is 32.1. The second-order valence-corrected chi connectivity index (χ2v) is 8.97. The first kappa shape index (κ1) is 21.8. The Morgan fingerprint density at radius 1 is 1.13 bits per heavy atom. The summed E-state index contributed by atoms with van der Waals surface area (Å²) >= 11 is 1.68. The van der Waals surface area contributed by atoms with Crippen LogP contribution in [0.4, 0.5) is 10.2 Å². The van der Waals surface area contributed by atoms with Gasteiger partial charge in [-0.15, -0.1) is 11.3 Å². The Morgan fingerprint density at radius 3 is 2.74 bits per heavy atom. The number of aromatic nitrogens is 2. The topological polar surface area (TPSA) is 47.0 Å². The van der Waals surface area contributed by atoms with Gasteiger partial charge in [-0.1, -0.05) is 19.1 Å². The molecule has 2 aromatic heterocycles. The molecular formula is C25H30FN3OS. The fourth-order valence-corrected chi connectivity index (χ4v) is 5.23. The summed E-state index contributed by atoms with van der Waals surface area (Å²) in [6, 6.07) is 9.62. The first-order valence-electron chi connectivity index (χ1n) is 11.2. The molecule has 0 fully saturated rings. The van der Waals surface area contributed by atoms with Crippen LogP contribution in [-0.4, -0.2) is 23.6 Å². The second-order valence-electron chi connectivity index (χ2n) is 8.08. The van der Waals surface area contributed by atoms with Gasteiger partial charge in [-0.25, -0.2) is 14.4 Å². The van der Waals surface area contributed by atoms with Gasteiger partial charge in [-0.2, -0.15) is 0 Å². The van der Waals surface area contributed by atoms with Crippen LogP contribution in [0.25, 0.3) is 0 Å². The van der Waals surface area contributed by atoms with Crippen LogP contribution in [0.15, 0.2) is 35.7 Å². The molecule has 0 amide bonds. The van der Waals surface area contributed by atoms with Crippen molar-refractivity contribution in [2.24, 2.45) is 0 Å². The molecule has 0 aliphatic carbocycles. The molecule has 6 heteroatoms. The minimum absolute atomic E-state index is 0.117. The standard InChI is InChI=1S/C25H30FN3OS/c1-3-21(18-11-13-23(30-2)22(26)15-18)25-29-20(16-31-25)9-5-4-8-19-12-10-17-7-6-14-27-24(17)28-19/h10-13,15-16,21H,3-9,14H2,1-2H3,(H,27,28). The Balaban J connectivity index is 1.32. The number of halogens is 1. The average molecular weight is 440 g/mol. The minimum Gasteiger partial charge on any atom is -0.494 e. The van der Waals surface area contributed by atoms with E-state index >= 15 is 0 Å². The lowest BCUT2D eigenvalue weighted by Crippen LogP contribution is -2.14. The zero-order valence-electron chi connectivity index (χ0n) is 18.3. The van der Waals surface area contributed by atoms with Crippen molar-refractivity contribution in [2.45, 2.75) is 57.8 Å². The SMILES string of the molecule is CCC(c1ccc(OC)c(F)c1)c1nc(CCCCc2ccc3c(n2)NCCC3)cs1. The largest absolute Gasteiger partial charge is 0.494 e. The number of thiazole rings is 1. The Hall–Kier alpha value is -2.47. The molecule has 0 radical (unpaired) electrons. The van der Waals surface area contributed by atoms with Crippen LogP contribution in [0, 0.1) is 5.82 Å². The Bertz CT molecular complexity index is 1020. The molecule has 1 unspecified atom stereocenters. The smallest absolute Gasteiger partial charge is 0.165 e. The molecule has 0 spiro atoms. The molecule has 4 rings (SSSR count). The maximum atomic E-state index is 14.2. The summed E-state index contributed by atoms with van der Waals surface area (Å²) in [5.74, 6) is 1.16. The van der Waals surface area contributed by atoms with Gasteiger partial charge in [-0.05, 0) is 74.3 Å². The number of benzene rings is 1. The zero-order chi connectivity index (χ0) is 21.6. The fraction of sp³-hybridized carbons (Fsp3) is 0.440. The summed E-state index contributed by atoms with van der Waals surface area (Å²) in [5.41, 5.74) is 4.59. The molecule has 0 bridgehead atoms. The van der Waals surface area contributed by atoms with Crippen molar-refractivity contribution >= 4 is 17.2 Å². The molecule has 0 saturated carbocycles. The van der Waals surface area contributed by atoms with Gasteiger partial charge < -0.3 is 10.1 Å². The van der Waals surface area contributed by atoms with E-state index in [1.165, 1.54) is 24.8 Å². The van der Waals surface area contributed by atoms with Crippen LogP contribution in [0.3, 0.4) is 0 Å². The summed E-state index contributed by atoms with van der Waals surface area (Å²) in [6.45, 7) is 3.14. The number of hydrogen-bond donors (Lipinski definition) is 1. The second kappa shape index (κ2) is 10.2. The van der Waals surface area contributed by atoms with Crippen LogP contribution in [0.2, 0.25) is 0 Å². The van der Waals surface area contributed by atoms with Crippen molar-refractivity contribution in [1.29, 1.82) is 0 Å². The van der Waals surface area contributed by atoms with Gasteiger partial charge in [0.05, 0.1) is 12.8 Å². The molecule has 1 aromatic carbocycles. The lowest BCUT2D eigenvalue weighted by Gasteiger charge is -2.17. The van der Waals surface area contributed by atoms with Crippen molar-refractivity contribution in [2.75, 3.05) is 19.0 Å². The lowest BCUT2D eigenvalue weighted by molar-refractivity contribution is 0.386. The van der Waals surface area contributed by atoms with E-state index in [4.69, 9.17) is 14.7 Å². The quantitative estimate of drug-likeness (QED) is 0.406. The third-order valence-corrected chi connectivity index (χ3v) is 6.93. The third kappa shape index (κ3) is 5.24. The predicted octanol–water partition coefficient (Wildman–Crippen LogP) is 6.15. The number of nitrogens with one attached hydrogen (secondary N) is 1. The molecule has 31 heavy (non-hydrogen) atoms. The number of nitrogens with zero attached hydrogens (tertiary/aromatic N) is 2. The van der Waals surface area contributed by atoms with Gasteiger partial charge in [0.2, 0.25) is 0 Å². The summed E-state index contributed by atoms with van der Waals surface area (Å²) in [7, 11) is 1.49. The van der Waals surface area contributed by atoms with E-state index in [0.29, 0.717) is 0 Å². The number of methoxy groups -OCH3 is 1. The van der Waals surface area contributed by atoms with E-state index in [-0.39, 0.29) is 17.5 Å². The highest BCUT2D eigenvalue weighted by molar-refractivity contribution is 7.09. The highest BCUT2D eigenvalue weighted by Crippen LogP contribution is 2.32. The lowest BCUT2D eigenvalue weighted by atomic mass is 9.97. The third-order valence-electron chi connectivity index (χ3n) is 5.92. The van der Waals surface area contributed by atoms with Gasteiger partial charge in [0.15, 0.2) is 11.6 Å². The number of anilines is 1. The average Bonchev–Trinajstić information content (AvgIpc) is 3.26. The van der Waals surface area contributed by atoms with Crippen molar-refractivity contribution in [3.05, 3.63) is 69.1 Å².